The van der Waals surface area contributed by atoms with Gasteiger partial charge in [-0.3, -0.25) is 14.9 Å². The van der Waals surface area contributed by atoms with Crippen LogP contribution in [-0.2, 0) is 4.79 Å². The molecule has 1 heterocycles. The number of hydrogen-bond donors (Lipinski definition) is 1. The summed E-state index contributed by atoms with van der Waals surface area (Å²) in [6.45, 7) is 0. The summed E-state index contributed by atoms with van der Waals surface area (Å²) in [6, 6.07) is 15.5. The van der Waals surface area contributed by atoms with Gasteiger partial charge in [-0.15, -0.1) is 0 Å². The molecule has 2 aromatic rings. The Balaban J connectivity index is 1.89. The van der Waals surface area contributed by atoms with Crippen LogP contribution in [0.3, 0.4) is 0 Å². The van der Waals surface area contributed by atoms with Gasteiger partial charge in [0.15, 0.2) is 5.17 Å². The van der Waals surface area contributed by atoms with Crippen LogP contribution in [0.15, 0.2) is 64.5 Å². The van der Waals surface area contributed by atoms with E-state index in [1.54, 1.807) is 18.2 Å². The van der Waals surface area contributed by atoms with E-state index in [9.17, 15) is 14.9 Å². The largest absolute Gasteiger partial charge is 0.300 e. The van der Waals surface area contributed by atoms with Gasteiger partial charge in [0, 0.05) is 6.07 Å². The summed E-state index contributed by atoms with van der Waals surface area (Å²) in [5.74, 6) is -0.317. The SMILES string of the molecule is O=C1NC(=Nc2ccccc2)SC1=Cc1ccccc1[N+](=O)[O-]. The molecule has 1 aliphatic heterocycles. The lowest BCUT2D eigenvalue weighted by Gasteiger charge is -1.97. The maximum absolute atomic E-state index is 12.0. The molecule has 0 aliphatic carbocycles. The Kier molecular flexibility index (Phi) is 4.20. The summed E-state index contributed by atoms with van der Waals surface area (Å²) in [5.41, 5.74) is 1.07. The topological polar surface area (TPSA) is 84.6 Å². The van der Waals surface area contributed by atoms with Crippen molar-refractivity contribution in [3.05, 3.63) is 75.2 Å². The third-order valence-electron chi connectivity index (χ3n) is 3.06. The van der Waals surface area contributed by atoms with Crippen LogP contribution in [0.4, 0.5) is 11.4 Å². The molecule has 1 amide bonds. The number of amides is 1. The first-order valence-corrected chi connectivity index (χ1v) is 7.53. The highest BCUT2D eigenvalue weighted by molar-refractivity contribution is 8.18. The molecule has 23 heavy (non-hydrogen) atoms. The average Bonchev–Trinajstić information content (AvgIpc) is 2.88. The number of nitrogens with zero attached hydrogens (tertiary/aromatic N) is 2. The third-order valence-corrected chi connectivity index (χ3v) is 3.97. The molecule has 1 aliphatic rings. The highest BCUT2D eigenvalue weighted by atomic mass is 32.2. The van der Waals surface area contributed by atoms with Crippen LogP contribution >= 0.6 is 11.8 Å². The number of thioether (sulfide) groups is 1. The van der Waals surface area contributed by atoms with E-state index in [1.807, 2.05) is 30.3 Å². The minimum atomic E-state index is -0.469. The number of aliphatic imine (C=N–C) groups is 1. The minimum Gasteiger partial charge on any atom is -0.300 e. The Labute approximate surface area is 136 Å². The number of rotatable bonds is 3. The summed E-state index contributed by atoms with van der Waals surface area (Å²) >= 11 is 1.16. The van der Waals surface area contributed by atoms with Crippen LogP contribution in [0.5, 0.6) is 0 Å². The van der Waals surface area contributed by atoms with Crippen molar-refractivity contribution in [2.75, 3.05) is 0 Å². The van der Waals surface area contributed by atoms with E-state index in [2.05, 4.69) is 10.3 Å². The summed E-state index contributed by atoms with van der Waals surface area (Å²) in [7, 11) is 0. The molecule has 0 saturated carbocycles. The van der Waals surface area contributed by atoms with E-state index in [4.69, 9.17) is 0 Å². The van der Waals surface area contributed by atoms with Gasteiger partial charge >= 0.3 is 0 Å². The fraction of sp³-hybridized carbons (Fsp3) is 0. The lowest BCUT2D eigenvalue weighted by atomic mass is 10.1. The quantitative estimate of drug-likeness (QED) is 0.532. The van der Waals surface area contributed by atoms with Crippen LogP contribution in [0.2, 0.25) is 0 Å². The molecule has 1 N–H and O–H groups in total. The lowest BCUT2D eigenvalue weighted by molar-refractivity contribution is -0.385. The predicted octanol–water partition coefficient (Wildman–Crippen LogP) is 3.49. The highest BCUT2D eigenvalue weighted by Gasteiger charge is 2.25. The zero-order valence-electron chi connectivity index (χ0n) is 11.8. The second-order valence-corrected chi connectivity index (χ2v) is 5.66. The Morgan fingerprint density at radius 2 is 1.78 bits per heavy atom. The molecule has 0 unspecified atom stereocenters. The van der Waals surface area contributed by atoms with E-state index in [0.29, 0.717) is 15.6 Å². The predicted molar refractivity (Wildman–Crippen MR) is 90.3 cm³/mol. The van der Waals surface area contributed by atoms with Gasteiger partial charge in [-0.1, -0.05) is 30.3 Å². The third kappa shape index (κ3) is 3.46. The summed E-state index contributed by atoms with van der Waals surface area (Å²) in [4.78, 5) is 27.3. The first kappa shape index (κ1) is 15.0. The van der Waals surface area contributed by atoms with Crippen molar-refractivity contribution in [3.63, 3.8) is 0 Å². The Bertz CT molecular complexity index is 831. The molecular weight excluding hydrogens is 314 g/mol. The number of nitro groups is 1. The molecule has 7 heteroatoms. The normalized spacial score (nSPS) is 17.5. The standard InChI is InChI=1S/C16H11N3O3S/c20-15-14(10-11-6-4-5-9-13(11)19(21)22)23-16(18-15)17-12-7-2-1-3-8-12/h1-10H,(H,17,18,20). The van der Waals surface area contributed by atoms with Crippen molar-refractivity contribution in [3.8, 4) is 0 Å². The highest BCUT2D eigenvalue weighted by Crippen LogP contribution is 2.30. The number of benzene rings is 2. The molecule has 6 nitrogen and oxygen atoms in total. The molecule has 0 spiro atoms. The van der Waals surface area contributed by atoms with Gasteiger partial charge in [0.05, 0.1) is 21.1 Å². The molecule has 0 bridgehead atoms. The van der Waals surface area contributed by atoms with Gasteiger partial charge in [-0.2, -0.15) is 0 Å². The first-order chi connectivity index (χ1) is 11.1. The summed E-state index contributed by atoms with van der Waals surface area (Å²) in [5, 5.41) is 14.1. The molecule has 1 fully saturated rings. The molecule has 0 atom stereocenters. The number of para-hydroxylation sites is 2. The van der Waals surface area contributed by atoms with Crippen LogP contribution in [0.25, 0.3) is 6.08 Å². The van der Waals surface area contributed by atoms with Gasteiger partial charge in [0.25, 0.3) is 11.6 Å². The van der Waals surface area contributed by atoms with Crippen molar-refractivity contribution < 1.29 is 9.72 Å². The van der Waals surface area contributed by atoms with Crippen molar-refractivity contribution in [1.29, 1.82) is 0 Å². The number of carbonyl (C=O) groups is 1. The average molecular weight is 325 g/mol. The van der Waals surface area contributed by atoms with Crippen LogP contribution in [0, 0.1) is 10.1 Å². The summed E-state index contributed by atoms with van der Waals surface area (Å²) < 4.78 is 0. The fourth-order valence-electron chi connectivity index (χ4n) is 2.02. The van der Waals surface area contributed by atoms with Gasteiger partial charge in [0.2, 0.25) is 0 Å². The molecule has 1 saturated heterocycles. The number of nitro benzene ring substituents is 1. The monoisotopic (exact) mass is 325 g/mol. The van der Waals surface area contributed by atoms with Crippen molar-refractivity contribution >= 4 is 40.3 Å². The summed E-state index contributed by atoms with van der Waals surface area (Å²) in [6.07, 6.45) is 1.51. The zero-order chi connectivity index (χ0) is 16.2. The maximum atomic E-state index is 12.0. The van der Waals surface area contributed by atoms with Crippen LogP contribution < -0.4 is 5.32 Å². The van der Waals surface area contributed by atoms with E-state index in [0.717, 1.165) is 17.4 Å². The van der Waals surface area contributed by atoms with Crippen molar-refractivity contribution in [2.45, 2.75) is 0 Å². The van der Waals surface area contributed by atoms with E-state index in [1.165, 1.54) is 12.1 Å². The van der Waals surface area contributed by atoms with Gasteiger partial charge in [-0.05, 0) is 36.0 Å². The molecule has 114 valence electrons. The second-order valence-electron chi connectivity index (χ2n) is 4.63. The van der Waals surface area contributed by atoms with Crippen LogP contribution in [0.1, 0.15) is 5.56 Å². The van der Waals surface area contributed by atoms with Gasteiger partial charge < -0.3 is 5.32 Å². The lowest BCUT2D eigenvalue weighted by Crippen LogP contribution is -2.19. The Morgan fingerprint density at radius 1 is 1.09 bits per heavy atom. The van der Waals surface area contributed by atoms with E-state index in [-0.39, 0.29) is 11.6 Å². The number of carbonyl (C=O) groups excluding carboxylic acids is 1. The molecule has 2 aromatic carbocycles. The van der Waals surface area contributed by atoms with Gasteiger partial charge in [-0.25, -0.2) is 4.99 Å². The van der Waals surface area contributed by atoms with E-state index < -0.39 is 4.92 Å². The number of amidine groups is 1. The fourth-order valence-corrected chi connectivity index (χ4v) is 2.85. The molecule has 0 radical (unpaired) electrons. The molecule has 3 rings (SSSR count). The van der Waals surface area contributed by atoms with E-state index >= 15 is 0 Å². The molecular formula is C16H11N3O3S. The van der Waals surface area contributed by atoms with Crippen molar-refractivity contribution in [1.82, 2.24) is 5.32 Å². The Hall–Kier alpha value is -2.93. The Morgan fingerprint density at radius 3 is 2.52 bits per heavy atom. The number of nitrogens with one attached hydrogen (secondary N) is 1. The second kappa shape index (κ2) is 6.45. The van der Waals surface area contributed by atoms with Gasteiger partial charge in [0.1, 0.15) is 0 Å². The smallest absolute Gasteiger partial charge is 0.276 e. The van der Waals surface area contributed by atoms with Crippen LogP contribution in [-0.4, -0.2) is 16.0 Å². The maximum Gasteiger partial charge on any atom is 0.276 e. The first-order valence-electron chi connectivity index (χ1n) is 6.71. The van der Waals surface area contributed by atoms with Crippen molar-refractivity contribution in [2.24, 2.45) is 4.99 Å². The minimum absolute atomic E-state index is 0.0400. The number of hydrogen-bond acceptors (Lipinski definition) is 5. The zero-order valence-corrected chi connectivity index (χ0v) is 12.6. The molecule has 0 aromatic heterocycles.